The highest BCUT2D eigenvalue weighted by atomic mass is 32.2. The van der Waals surface area contributed by atoms with Crippen molar-refractivity contribution in [2.45, 2.75) is 4.90 Å². The van der Waals surface area contributed by atoms with Gasteiger partial charge < -0.3 is 26.0 Å². The monoisotopic (exact) mass is 393 g/mol. The summed E-state index contributed by atoms with van der Waals surface area (Å²) in [7, 11) is -3.68. The number of nitrogen functional groups attached to an aromatic ring is 1. The first-order chi connectivity index (χ1) is 12.7. The maximum absolute atomic E-state index is 12.7. The summed E-state index contributed by atoms with van der Waals surface area (Å²) in [4.78, 5) is 14.1. The van der Waals surface area contributed by atoms with E-state index >= 15 is 0 Å². The summed E-state index contributed by atoms with van der Waals surface area (Å²) >= 11 is 0. The van der Waals surface area contributed by atoms with Gasteiger partial charge in [0, 0.05) is 37.4 Å². The molecule has 0 saturated carbocycles. The molecule has 1 heterocycles. The van der Waals surface area contributed by atoms with Gasteiger partial charge in [0.2, 0.25) is 10.0 Å². The fourth-order valence-corrected chi connectivity index (χ4v) is 4.25. The van der Waals surface area contributed by atoms with Crippen LogP contribution in [-0.4, -0.2) is 65.0 Å². The maximum atomic E-state index is 12.7. The van der Waals surface area contributed by atoms with E-state index in [-0.39, 0.29) is 36.6 Å². The molecular weight excluding hydrogens is 374 g/mol. The standard InChI is InChI=1S/C17H19N3O6S/c18-12-1-3-13(4-2-12)27(25,26)20-7-5-19(6-8-20)17(24)11-9-14(21)16(23)15(22)10-11/h1-4,9-10,21-23H,5-8,18H2. The lowest BCUT2D eigenvalue weighted by Crippen LogP contribution is -2.50. The molecule has 0 unspecified atom stereocenters. The Labute approximate surface area is 155 Å². The van der Waals surface area contributed by atoms with E-state index in [1.54, 1.807) is 0 Å². The molecule has 9 nitrogen and oxygen atoms in total. The minimum absolute atomic E-state index is 0.00218. The second kappa shape index (κ2) is 6.97. The molecule has 1 saturated heterocycles. The number of nitrogens with two attached hydrogens (primary N) is 1. The van der Waals surface area contributed by atoms with Gasteiger partial charge in [-0.3, -0.25) is 4.79 Å². The third-order valence-corrected chi connectivity index (χ3v) is 6.27. The van der Waals surface area contributed by atoms with Crippen molar-refractivity contribution >= 4 is 21.6 Å². The zero-order chi connectivity index (χ0) is 19.8. The predicted octanol–water partition coefficient (Wildman–Crippen LogP) is 0.532. The molecule has 1 fully saturated rings. The Balaban J connectivity index is 1.71. The number of sulfonamides is 1. The molecule has 0 atom stereocenters. The third-order valence-electron chi connectivity index (χ3n) is 4.36. The summed E-state index contributed by atoms with van der Waals surface area (Å²) < 4.78 is 26.6. The normalized spacial score (nSPS) is 15.6. The van der Waals surface area contributed by atoms with Gasteiger partial charge in [0.1, 0.15) is 0 Å². The average Bonchev–Trinajstić information content (AvgIpc) is 2.65. The number of carbonyl (C=O) groups excluding carboxylic acids is 1. The zero-order valence-corrected chi connectivity index (χ0v) is 15.1. The van der Waals surface area contributed by atoms with Gasteiger partial charge in [-0.05, 0) is 36.4 Å². The van der Waals surface area contributed by atoms with Crippen LogP contribution >= 0.6 is 0 Å². The summed E-state index contributed by atoms with van der Waals surface area (Å²) in [5, 5.41) is 28.5. The van der Waals surface area contributed by atoms with Crippen molar-refractivity contribution in [1.29, 1.82) is 0 Å². The van der Waals surface area contributed by atoms with E-state index in [1.165, 1.54) is 33.5 Å². The topological polar surface area (TPSA) is 144 Å². The lowest BCUT2D eigenvalue weighted by Gasteiger charge is -2.34. The zero-order valence-electron chi connectivity index (χ0n) is 14.2. The molecule has 5 N–H and O–H groups in total. The van der Waals surface area contributed by atoms with Crippen molar-refractivity contribution in [2.75, 3.05) is 31.9 Å². The number of piperazine rings is 1. The number of phenolic OH excluding ortho intramolecular Hbond substituents is 3. The molecule has 10 heteroatoms. The van der Waals surface area contributed by atoms with E-state index in [1.807, 2.05) is 0 Å². The van der Waals surface area contributed by atoms with Crippen LogP contribution in [0.4, 0.5) is 5.69 Å². The van der Waals surface area contributed by atoms with Gasteiger partial charge in [-0.15, -0.1) is 0 Å². The van der Waals surface area contributed by atoms with Crippen molar-refractivity contribution in [3.8, 4) is 17.2 Å². The molecule has 3 rings (SSSR count). The molecular formula is C17H19N3O6S. The molecule has 1 amide bonds. The fourth-order valence-electron chi connectivity index (χ4n) is 2.83. The first-order valence-corrected chi connectivity index (χ1v) is 9.54. The Hall–Kier alpha value is -2.98. The Morgan fingerprint density at radius 3 is 1.96 bits per heavy atom. The predicted molar refractivity (Wildman–Crippen MR) is 97.0 cm³/mol. The van der Waals surface area contributed by atoms with Crippen LogP contribution in [0.3, 0.4) is 0 Å². The number of rotatable bonds is 3. The number of carbonyl (C=O) groups is 1. The minimum atomic E-state index is -3.68. The van der Waals surface area contributed by atoms with Crippen LogP contribution in [0.25, 0.3) is 0 Å². The second-order valence-electron chi connectivity index (χ2n) is 6.13. The van der Waals surface area contributed by atoms with Crippen molar-refractivity contribution in [3.63, 3.8) is 0 Å². The van der Waals surface area contributed by atoms with Crippen molar-refractivity contribution in [1.82, 2.24) is 9.21 Å². The van der Waals surface area contributed by atoms with Gasteiger partial charge in [0.25, 0.3) is 5.91 Å². The van der Waals surface area contributed by atoms with E-state index in [0.717, 1.165) is 12.1 Å². The molecule has 2 aromatic carbocycles. The average molecular weight is 393 g/mol. The van der Waals surface area contributed by atoms with Gasteiger partial charge in [-0.25, -0.2) is 8.42 Å². The van der Waals surface area contributed by atoms with Crippen LogP contribution in [0.15, 0.2) is 41.3 Å². The Kier molecular flexibility index (Phi) is 4.85. The summed E-state index contributed by atoms with van der Waals surface area (Å²) in [6, 6.07) is 7.99. The number of anilines is 1. The highest BCUT2D eigenvalue weighted by Gasteiger charge is 2.30. The van der Waals surface area contributed by atoms with Crippen molar-refractivity contribution in [2.24, 2.45) is 0 Å². The molecule has 1 aliphatic rings. The second-order valence-corrected chi connectivity index (χ2v) is 8.07. The minimum Gasteiger partial charge on any atom is -0.504 e. The summed E-state index contributed by atoms with van der Waals surface area (Å²) in [6.07, 6.45) is 0. The van der Waals surface area contributed by atoms with Crippen molar-refractivity contribution < 1.29 is 28.5 Å². The number of hydrogen-bond donors (Lipinski definition) is 4. The number of nitrogens with zero attached hydrogens (tertiary/aromatic N) is 2. The highest BCUT2D eigenvalue weighted by Crippen LogP contribution is 2.35. The largest absolute Gasteiger partial charge is 0.504 e. The number of amides is 1. The van der Waals surface area contributed by atoms with Gasteiger partial charge >= 0.3 is 0 Å². The van der Waals surface area contributed by atoms with Crippen LogP contribution in [0, 0.1) is 0 Å². The maximum Gasteiger partial charge on any atom is 0.254 e. The first-order valence-electron chi connectivity index (χ1n) is 8.10. The molecule has 0 radical (unpaired) electrons. The Morgan fingerprint density at radius 1 is 0.926 bits per heavy atom. The Morgan fingerprint density at radius 2 is 1.44 bits per heavy atom. The molecule has 2 aromatic rings. The lowest BCUT2D eigenvalue weighted by molar-refractivity contribution is 0.0697. The van der Waals surface area contributed by atoms with Crippen LogP contribution in [0.2, 0.25) is 0 Å². The van der Waals surface area contributed by atoms with E-state index in [4.69, 9.17) is 5.73 Å². The van der Waals surface area contributed by atoms with E-state index < -0.39 is 33.2 Å². The van der Waals surface area contributed by atoms with Gasteiger partial charge in [0.05, 0.1) is 4.90 Å². The molecule has 144 valence electrons. The van der Waals surface area contributed by atoms with Crippen LogP contribution in [-0.2, 0) is 10.0 Å². The third kappa shape index (κ3) is 3.62. The highest BCUT2D eigenvalue weighted by molar-refractivity contribution is 7.89. The lowest BCUT2D eigenvalue weighted by atomic mass is 10.1. The number of benzene rings is 2. The number of hydrogen-bond acceptors (Lipinski definition) is 7. The SMILES string of the molecule is Nc1ccc(S(=O)(=O)N2CCN(C(=O)c3cc(O)c(O)c(O)c3)CC2)cc1. The molecule has 0 spiro atoms. The van der Waals surface area contributed by atoms with Crippen LogP contribution in [0.1, 0.15) is 10.4 Å². The first kappa shape index (κ1) is 18.8. The number of phenols is 3. The van der Waals surface area contributed by atoms with Gasteiger partial charge in [-0.1, -0.05) is 0 Å². The molecule has 27 heavy (non-hydrogen) atoms. The van der Waals surface area contributed by atoms with Crippen molar-refractivity contribution in [3.05, 3.63) is 42.0 Å². The molecule has 0 bridgehead atoms. The molecule has 1 aliphatic heterocycles. The fraction of sp³-hybridized carbons (Fsp3) is 0.235. The molecule has 0 aliphatic carbocycles. The van der Waals surface area contributed by atoms with E-state index in [0.29, 0.717) is 5.69 Å². The number of aromatic hydroxyl groups is 3. The molecule has 0 aromatic heterocycles. The summed E-state index contributed by atoms with van der Waals surface area (Å²) in [5.41, 5.74) is 6.04. The van der Waals surface area contributed by atoms with E-state index in [2.05, 4.69) is 0 Å². The summed E-state index contributed by atoms with van der Waals surface area (Å²) in [5.74, 6) is -2.40. The van der Waals surface area contributed by atoms with Crippen LogP contribution in [0.5, 0.6) is 17.2 Å². The Bertz CT molecular complexity index is 944. The van der Waals surface area contributed by atoms with Gasteiger partial charge in [-0.2, -0.15) is 4.31 Å². The van der Waals surface area contributed by atoms with E-state index in [9.17, 15) is 28.5 Å². The smallest absolute Gasteiger partial charge is 0.254 e. The quantitative estimate of drug-likeness (QED) is 0.440. The van der Waals surface area contributed by atoms with Crippen LogP contribution < -0.4 is 5.73 Å². The summed E-state index contributed by atoms with van der Waals surface area (Å²) in [6.45, 7) is 0.508. The van der Waals surface area contributed by atoms with Gasteiger partial charge in [0.15, 0.2) is 17.2 Å².